The van der Waals surface area contributed by atoms with Gasteiger partial charge in [-0.3, -0.25) is 9.59 Å². The molecule has 2 amide bonds. The Morgan fingerprint density at radius 2 is 1.03 bits per heavy atom. The number of amides is 2. The van der Waals surface area contributed by atoms with Gasteiger partial charge in [0.05, 0.1) is 26.3 Å². The van der Waals surface area contributed by atoms with Crippen LogP contribution in [0.5, 0.6) is 0 Å². The molecule has 0 saturated heterocycles. The van der Waals surface area contributed by atoms with Gasteiger partial charge in [0.15, 0.2) is 0 Å². The van der Waals surface area contributed by atoms with Crippen molar-refractivity contribution in [3.05, 3.63) is 124 Å². The first-order chi connectivity index (χ1) is 28.1. The molecule has 12 nitrogen and oxygen atoms in total. The van der Waals surface area contributed by atoms with Gasteiger partial charge in [-0.15, -0.1) is 0 Å². The van der Waals surface area contributed by atoms with Crippen molar-refractivity contribution in [3.63, 3.8) is 0 Å². The van der Waals surface area contributed by atoms with Crippen LogP contribution in [0.25, 0.3) is 11.1 Å². The molecular formula is C46H60BBrN2O10. The average molecular weight is 892 g/mol. The fraction of sp³-hybridized carbons (Fsp3) is 0.391. The lowest BCUT2D eigenvalue weighted by Crippen LogP contribution is -2.34. The van der Waals surface area contributed by atoms with E-state index in [2.05, 4.69) is 42.1 Å². The Morgan fingerprint density at radius 3 is 1.43 bits per heavy atom. The van der Waals surface area contributed by atoms with E-state index in [1.165, 1.54) is 14.2 Å². The topological polar surface area (TPSA) is 170 Å². The van der Waals surface area contributed by atoms with Crippen LogP contribution in [-0.4, -0.2) is 66.7 Å². The molecule has 0 aliphatic heterocycles. The van der Waals surface area contributed by atoms with Crippen molar-refractivity contribution >= 4 is 52.6 Å². The Labute approximate surface area is 363 Å². The lowest BCUT2D eigenvalue weighted by atomic mass is 9.80. The molecule has 4 aromatic carbocycles. The Morgan fingerprint density at radius 1 is 0.617 bits per heavy atom. The first kappa shape index (κ1) is 51.0. The number of benzene rings is 4. The molecule has 0 heterocycles. The summed E-state index contributed by atoms with van der Waals surface area (Å²) in [5.41, 5.74) is 5.67. The molecule has 0 aliphatic rings. The highest BCUT2D eigenvalue weighted by molar-refractivity contribution is 9.10. The highest BCUT2D eigenvalue weighted by atomic mass is 79.9. The number of hydrogen-bond acceptors (Lipinski definition) is 10. The smallest absolute Gasteiger partial charge is 0.469 e. The predicted octanol–water partition coefficient (Wildman–Crippen LogP) is 8.55. The van der Waals surface area contributed by atoms with Gasteiger partial charge < -0.3 is 39.6 Å². The third kappa shape index (κ3) is 20.7. The second kappa shape index (κ2) is 24.8. The van der Waals surface area contributed by atoms with E-state index in [4.69, 9.17) is 19.5 Å². The molecule has 0 spiro atoms. The molecule has 4 N–H and O–H groups in total. The van der Waals surface area contributed by atoms with Gasteiger partial charge in [-0.1, -0.05) is 94.8 Å². The Bertz CT molecular complexity index is 1960. The second-order valence-electron chi connectivity index (χ2n) is 15.9. The highest BCUT2D eigenvalue weighted by Gasteiger charge is 2.20. The van der Waals surface area contributed by atoms with Crippen LogP contribution in [0.4, 0.5) is 9.59 Å². The minimum Gasteiger partial charge on any atom is -0.469 e. The number of alkyl carbamates (subject to hydrolysis) is 2. The molecule has 0 aliphatic carbocycles. The zero-order chi connectivity index (χ0) is 45.0. The monoisotopic (exact) mass is 890 g/mol. The maximum absolute atomic E-state index is 12.0. The molecule has 14 heteroatoms. The van der Waals surface area contributed by atoms with Gasteiger partial charge in [-0.25, -0.2) is 9.59 Å². The van der Waals surface area contributed by atoms with Gasteiger partial charge in [-0.2, -0.15) is 0 Å². The Kier molecular flexibility index (Phi) is 21.1. The number of halogens is 1. The fourth-order valence-electron chi connectivity index (χ4n) is 5.32. The number of rotatable bonds is 12. The standard InChI is InChI=1S/C23H29NO4.C13H18BrNO2.C10H13BO4/c1-16(24-22(26)28-23(2,3)4)19-7-6-8-20(15-19)18-12-9-17(10-13-18)11-14-21(25)27-5;1-9(10-6-5-7-11(14)8-10)15-12(16)17-13(2,3)4;1-15-10(12)7-4-8-2-5-9(6-3-8)11(13)14/h6-10,12-13,15-16H,11,14H2,1-5H3,(H,24,26);5-9H,1-4H3,(H,15,16);2-3,5-6,13-14H,4,7H2,1H3/t16-;9-;/m11./s1. The number of carbonyl (C=O) groups is 4. The summed E-state index contributed by atoms with van der Waals surface area (Å²) in [6.07, 6.45) is 1.13. The molecule has 60 heavy (non-hydrogen) atoms. The Hall–Kier alpha value is -5.18. The maximum atomic E-state index is 12.0. The predicted molar refractivity (Wildman–Crippen MR) is 239 cm³/mol. The summed E-state index contributed by atoms with van der Waals surface area (Å²) < 4.78 is 20.7. The molecular weight excluding hydrogens is 831 g/mol. The van der Waals surface area contributed by atoms with Gasteiger partial charge in [0.25, 0.3) is 0 Å². The van der Waals surface area contributed by atoms with Crippen LogP contribution in [-0.2, 0) is 41.4 Å². The van der Waals surface area contributed by atoms with E-state index in [0.717, 1.165) is 37.9 Å². The fourth-order valence-corrected chi connectivity index (χ4v) is 5.73. The van der Waals surface area contributed by atoms with Crippen molar-refractivity contribution in [1.29, 1.82) is 0 Å². The normalized spacial score (nSPS) is 11.8. The number of hydrogen-bond donors (Lipinski definition) is 4. The van der Waals surface area contributed by atoms with E-state index < -0.39 is 30.5 Å². The highest BCUT2D eigenvalue weighted by Crippen LogP contribution is 2.25. The largest absolute Gasteiger partial charge is 0.488 e. The van der Waals surface area contributed by atoms with Crippen LogP contribution < -0.4 is 16.1 Å². The quantitative estimate of drug-likeness (QED) is 0.0614. The first-order valence-corrected chi connectivity index (χ1v) is 20.4. The molecule has 4 aromatic rings. The van der Waals surface area contributed by atoms with Gasteiger partial charge in [0, 0.05) is 17.3 Å². The zero-order valence-corrected chi connectivity index (χ0v) is 37.9. The third-order valence-corrected chi connectivity index (χ3v) is 8.95. The van der Waals surface area contributed by atoms with Crippen molar-refractivity contribution in [1.82, 2.24) is 10.6 Å². The number of carbonyl (C=O) groups excluding carboxylic acids is 4. The molecule has 0 fully saturated rings. The van der Waals surface area contributed by atoms with E-state index >= 15 is 0 Å². The summed E-state index contributed by atoms with van der Waals surface area (Å²) >= 11 is 3.40. The van der Waals surface area contributed by atoms with E-state index in [9.17, 15) is 19.2 Å². The van der Waals surface area contributed by atoms with Crippen molar-refractivity contribution in [2.24, 2.45) is 0 Å². The average Bonchev–Trinajstić information content (AvgIpc) is 3.18. The molecule has 0 bridgehead atoms. The zero-order valence-electron chi connectivity index (χ0n) is 36.3. The van der Waals surface area contributed by atoms with Crippen LogP contribution in [0.15, 0.2) is 102 Å². The summed E-state index contributed by atoms with van der Waals surface area (Å²) in [7, 11) is 1.31. The van der Waals surface area contributed by atoms with Crippen molar-refractivity contribution in [2.45, 2.75) is 104 Å². The van der Waals surface area contributed by atoms with Crippen molar-refractivity contribution in [3.8, 4) is 11.1 Å². The van der Waals surface area contributed by atoms with Crippen LogP contribution in [0.3, 0.4) is 0 Å². The minimum absolute atomic E-state index is 0.0812. The number of esters is 2. The second-order valence-corrected chi connectivity index (χ2v) is 16.8. The molecule has 0 radical (unpaired) electrons. The van der Waals surface area contributed by atoms with E-state index in [0.29, 0.717) is 31.1 Å². The van der Waals surface area contributed by atoms with Crippen LogP contribution >= 0.6 is 15.9 Å². The van der Waals surface area contributed by atoms with Crippen LogP contribution in [0, 0.1) is 0 Å². The van der Waals surface area contributed by atoms with Gasteiger partial charge in [-0.05, 0) is 125 Å². The lowest BCUT2D eigenvalue weighted by molar-refractivity contribution is -0.141. The van der Waals surface area contributed by atoms with E-state index in [-0.39, 0.29) is 24.0 Å². The Balaban J connectivity index is 0.000000332. The SMILES string of the molecule is COC(=O)CCc1ccc(-c2cccc([C@@H](C)NC(=O)OC(C)(C)C)c2)cc1.COC(=O)CCc1ccc(B(O)O)cc1.C[C@@H](NC(=O)OC(C)(C)C)c1cccc(Br)c1. The lowest BCUT2D eigenvalue weighted by Gasteiger charge is -2.22. The molecule has 4 rings (SSSR count). The number of methoxy groups -OCH3 is 2. The summed E-state index contributed by atoms with van der Waals surface area (Å²) in [6, 6.07) is 30.5. The van der Waals surface area contributed by atoms with Crippen molar-refractivity contribution < 1.29 is 48.2 Å². The van der Waals surface area contributed by atoms with E-state index in [1.807, 2.05) is 122 Å². The summed E-state index contributed by atoms with van der Waals surface area (Å²) in [5, 5.41) is 23.4. The molecule has 324 valence electrons. The minimum atomic E-state index is -1.44. The van der Waals surface area contributed by atoms with Gasteiger partial charge >= 0.3 is 31.2 Å². The summed E-state index contributed by atoms with van der Waals surface area (Å²) in [5.74, 6) is -0.454. The first-order valence-electron chi connectivity index (χ1n) is 19.6. The summed E-state index contributed by atoms with van der Waals surface area (Å²) in [4.78, 5) is 45.7. The van der Waals surface area contributed by atoms with Crippen LogP contribution in [0.2, 0.25) is 0 Å². The molecule has 2 atom stereocenters. The van der Waals surface area contributed by atoms with E-state index in [1.54, 1.807) is 24.3 Å². The van der Waals surface area contributed by atoms with Gasteiger partial charge in [0.1, 0.15) is 11.2 Å². The molecule has 0 saturated carbocycles. The van der Waals surface area contributed by atoms with Crippen molar-refractivity contribution in [2.75, 3.05) is 14.2 Å². The number of nitrogens with one attached hydrogen (secondary N) is 2. The summed E-state index contributed by atoms with van der Waals surface area (Å²) in [6.45, 7) is 14.9. The van der Waals surface area contributed by atoms with Crippen LogP contribution in [0.1, 0.15) is 103 Å². The van der Waals surface area contributed by atoms with Gasteiger partial charge in [0.2, 0.25) is 0 Å². The molecule has 0 unspecified atom stereocenters. The number of aryl methyl sites for hydroxylation is 2. The number of ether oxygens (including phenoxy) is 4. The molecule has 0 aromatic heterocycles. The third-order valence-electron chi connectivity index (χ3n) is 8.46. The maximum Gasteiger partial charge on any atom is 0.488 e.